The van der Waals surface area contributed by atoms with Crippen LogP contribution >= 0.6 is 11.6 Å². The predicted octanol–water partition coefficient (Wildman–Crippen LogP) is 7.48. The highest BCUT2D eigenvalue weighted by molar-refractivity contribution is 6.30. The van der Waals surface area contributed by atoms with E-state index in [0.29, 0.717) is 34.7 Å². The summed E-state index contributed by atoms with van der Waals surface area (Å²) in [6.07, 6.45) is 3.62. The lowest BCUT2D eigenvalue weighted by atomic mass is 9.96. The molecule has 3 amide bonds. The van der Waals surface area contributed by atoms with Gasteiger partial charge in [0, 0.05) is 35.9 Å². The van der Waals surface area contributed by atoms with Crippen molar-refractivity contribution in [1.82, 2.24) is 9.80 Å². The number of para-hydroxylation sites is 2. The van der Waals surface area contributed by atoms with E-state index in [-0.39, 0.29) is 11.8 Å². The molecular formula is C37H46ClN5O4. The van der Waals surface area contributed by atoms with Crippen molar-refractivity contribution < 1.29 is 19.1 Å². The van der Waals surface area contributed by atoms with Gasteiger partial charge in [0.2, 0.25) is 11.8 Å². The summed E-state index contributed by atoms with van der Waals surface area (Å²) in [5.74, 6) is -0.833. The van der Waals surface area contributed by atoms with Gasteiger partial charge in [-0.1, -0.05) is 61.8 Å². The summed E-state index contributed by atoms with van der Waals surface area (Å²) in [5, 5.41) is 9.18. The molecule has 1 aliphatic rings. The zero-order valence-corrected chi connectivity index (χ0v) is 28.6. The Hall–Kier alpha value is -4.18. The number of hydrogen-bond donors (Lipinski definition) is 3. The number of amides is 3. The maximum absolute atomic E-state index is 13.7. The SMILES string of the molecule is CCN(CC)C1CCN(CC(C(=O)Nc2ccc(Cl)cc2)c2ccc(C=CC(=O)Nc3ccccc3NC(=O)OC(C)(C)C)cc2)C1. The van der Waals surface area contributed by atoms with Gasteiger partial charge in [-0.15, -0.1) is 0 Å². The second-order valence-corrected chi connectivity index (χ2v) is 13.1. The molecule has 1 fully saturated rings. The van der Waals surface area contributed by atoms with Crippen LogP contribution in [0.4, 0.5) is 21.9 Å². The van der Waals surface area contributed by atoms with Crippen LogP contribution in [0.15, 0.2) is 78.9 Å². The number of benzene rings is 3. The molecule has 250 valence electrons. The van der Waals surface area contributed by atoms with Crippen molar-refractivity contribution in [2.45, 2.75) is 58.6 Å². The number of rotatable bonds is 12. The van der Waals surface area contributed by atoms with Crippen LogP contribution in [0, 0.1) is 0 Å². The van der Waals surface area contributed by atoms with Crippen molar-refractivity contribution in [1.29, 1.82) is 0 Å². The van der Waals surface area contributed by atoms with E-state index in [1.54, 1.807) is 75.4 Å². The Morgan fingerprint density at radius 1 is 0.936 bits per heavy atom. The van der Waals surface area contributed by atoms with Crippen LogP contribution in [0.25, 0.3) is 6.08 Å². The molecule has 47 heavy (non-hydrogen) atoms. The number of halogens is 1. The highest BCUT2D eigenvalue weighted by atomic mass is 35.5. The summed E-state index contributed by atoms with van der Waals surface area (Å²) < 4.78 is 5.33. The van der Waals surface area contributed by atoms with Crippen LogP contribution in [0.5, 0.6) is 0 Å². The van der Waals surface area contributed by atoms with E-state index in [2.05, 4.69) is 39.6 Å². The molecule has 3 aromatic rings. The van der Waals surface area contributed by atoms with Gasteiger partial charge in [0.05, 0.1) is 17.3 Å². The third-order valence-corrected chi connectivity index (χ3v) is 8.28. The molecule has 2 atom stereocenters. The smallest absolute Gasteiger partial charge is 0.412 e. The van der Waals surface area contributed by atoms with E-state index in [1.165, 1.54) is 6.08 Å². The van der Waals surface area contributed by atoms with E-state index in [0.717, 1.165) is 43.7 Å². The topological polar surface area (TPSA) is 103 Å². The standard InChI is InChI=1S/C37H46ClN5O4/c1-6-43(7-2)30-22-23-42(24-30)25-31(35(45)39-29-19-17-28(38)18-20-29)27-15-12-26(13-16-27)14-21-34(44)40-32-10-8-9-11-33(32)41-36(46)47-37(3,4)5/h8-21,30-31H,6-7,22-25H2,1-5H3,(H,39,45)(H,40,44)(H,41,46). The molecule has 2 unspecified atom stereocenters. The molecule has 3 N–H and O–H groups in total. The Morgan fingerprint density at radius 2 is 1.57 bits per heavy atom. The first kappa shape index (κ1) is 35.7. The summed E-state index contributed by atoms with van der Waals surface area (Å²) in [6, 6.07) is 22.2. The minimum absolute atomic E-state index is 0.0834. The van der Waals surface area contributed by atoms with Crippen molar-refractivity contribution in [3.63, 3.8) is 0 Å². The Bertz CT molecular complexity index is 1530. The second-order valence-electron chi connectivity index (χ2n) is 12.6. The number of nitrogens with zero attached hydrogens (tertiary/aromatic N) is 2. The lowest BCUT2D eigenvalue weighted by Gasteiger charge is -2.27. The summed E-state index contributed by atoms with van der Waals surface area (Å²) in [6.45, 7) is 14.2. The van der Waals surface area contributed by atoms with Gasteiger partial charge in [0.1, 0.15) is 5.60 Å². The average Bonchev–Trinajstić information content (AvgIpc) is 3.49. The Labute approximate surface area is 283 Å². The van der Waals surface area contributed by atoms with E-state index < -0.39 is 17.6 Å². The molecule has 0 radical (unpaired) electrons. The highest BCUT2D eigenvalue weighted by Crippen LogP contribution is 2.26. The van der Waals surface area contributed by atoms with Crippen LogP contribution < -0.4 is 16.0 Å². The van der Waals surface area contributed by atoms with E-state index >= 15 is 0 Å². The average molecular weight is 660 g/mol. The summed E-state index contributed by atoms with van der Waals surface area (Å²) >= 11 is 6.05. The zero-order chi connectivity index (χ0) is 34.0. The molecular weight excluding hydrogens is 614 g/mol. The third-order valence-electron chi connectivity index (χ3n) is 8.03. The van der Waals surface area contributed by atoms with Gasteiger partial charge >= 0.3 is 6.09 Å². The van der Waals surface area contributed by atoms with Gasteiger partial charge in [-0.3, -0.25) is 19.8 Å². The number of hydrogen-bond acceptors (Lipinski definition) is 6. The van der Waals surface area contributed by atoms with Crippen molar-refractivity contribution >= 4 is 52.6 Å². The lowest BCUT2D eigenvalue weighted by molar-refractivity contribution is -0.118. The fourth-order valence-corrected chi connectivity index (χ4v) is 5.80. The molecule has 0 saturated carbocycles. The minimum Gasteiger partial charge on any atom is -0.444 e. The number of ether oxygens (including phenoxy) is 1. The van der Waals surface area contributed by atoms with Crippen molar-refractivity contribution in [2.24, 2.45) is 0 Å². The van der Waals surface area contributed by atoms with Gasteiger partial charge in [-0.2, -0.15) is 0 Å². The van der Waals surface area contributed by atoms with Crippen molar-refractivity contribution in [2.75, 3.05) is 48.7 Å². The Kier molecular flexibility index (Phi) is 12.6. The molecule has 0 aliphatic carbocycles. The number of likely N-dealkylation sites (N-methyl/N-ethyl adjacent to an activating group) is 1. The van der Waals surface area contributed by atoms with Crippen molar-refractivity contribution in [3.05, 3.63) is 95.0 Å². The lowest BCUT2D eigenvalue weighted by Crippen LogP contribution is -2.39. The molecule has 3 aromatic carbocycles. The summed E-state index contributed by atoms with van der Waals surface area (Å²) in [7, 11) is 0. The van der Waals surface area contributed by atoms with Gasteiger partial charge in [0.25, 0.3) is 0 Å². The fraction of sp³-hybridized carbons (Fsp3) is 0.378. The van der Waals surface area contributed by atoms with Crippen molar-refractivity contribution in [3.8, 4) is 0 Å². The van der Waals surface area contributed by atoms with E-state index in [1.807, 2.05) is 24.3 Å². The second kappa shape index (κ2) is 16.6. The van der Waals surface area contributed by atoms with Crippen LogP contribution in [0.2, 0.25) is 5.02 Å². The van der Waals surface area contributed by atoms with Gasteiger partial charge < -0.3 is 20.3 Å². The molecule has 4 rings (SSSR count). The number of carbonyl (C=O) groups is 3. The summed E-state index contributed by atoms with van der Waals surface area (Å²) in [5.41, 5.74) is 2.62. The van der Waals surface area contributed by atoms with Gasteiger partial charge in [-0.25, -0.2) is 4.79 Å². The molecule has 10 heteroatoms. The fourth-order valence-electron chi connectivity index (χ4n) is 5.68. The maximum Gasteiger partial charge on any atom is 0.412 e. The monoisotopic (exact) mass is 659 g/mol. The van der Waals surface area contributed by atoms with Crippen LogP contribution in [-0.2, 0) is 14.3 Å². The number of nitrogens with one attached hydrogen (secondary N) is 3. The number of anilines is 3. The molecule has 1 heterocycles. The molecule has 0 spiro atoms. The molecule has 0 bridgehead atoms. The first-order valence-corrected chi connectivity index (χ1v) is 16.5. The van der Waals surface area contributed by atoms with Gasteiger partial charge in [-0.05, 0) is 100 Å². The zero-order valence-electron chi connectivity index (χ0n) is 27.9. The Morgan fingerprint density at radius 3 is 2.19 bits per heavy atom. The van der Waals surface area contributed by atoms with Crippen LogP contribution in [-0.4, -0.2) is 72.1 Å². The molecule has 1 aliphatic heterocycles. The van der Waals surface area contributed by atoms with E-state index in [4.69, 9.17) is 16.3 Å². The number of likely N-dealkylation sites (tertiary alicyclic amines) is 1. The normalized spacial score (nSPS) is 15.9. The minimum atomic E-state index is -0.649. The predicted molar refractivity (Wildman–Crippen MR) is 191 cm³/mol. The first-order valence-electron chi connectivity index (χ1n) is 16.1. The van der Waals surface area contributed by atoms with Crippen LogP contribution in [0.3, 0.4) is 0 Å². The largest absolute Gasteiger partial charge is 0.444 e. The third kappa shape index (κ3) is 10.9. The maximum atomic E-state index is 13.7. The molecule has 9 nitrogen and oxygen atoms in total. The number of carbonyl (C=O) groups excluding carboxylic acids is 3. The van der Waals surface area contributed by atoms with Gasteiger partial charge in [0.15, 0.2) is 0 Å². The molecule has 1 saturated heterocycles. The summed E-state index contributed by atoms with van der Waals surface area (Å²) in [4.78, 5) is 43.6. The van der Waals surface area contributed by atoms with E-state index in [9.17, 15) is 14.4 Å². The first-order chi connectivity index (χ1) is 22.4. The Balaban J connectivity index is 1.44. The highest BCUT2D eigenvalue weighted by Gasteiger charge is 2.30. The van der Waals surface area contributed by atoms with Crippen LogP contribution in [0.1, 0.15) is 58.1 Å². The molecule has 0 aromatic heterocycles. The quantitative estimate of drug-likeness (QED) is 0.174.